The van der Waals surface area contributed by atoms with E-state index in [-0.39, 0.29) is 31.8 Å². The Hall–Kier alpha value is -3.23. The average Bonchev–Trinajstić information content (AvgIpc) is 3.44. The largest absolute Gasteiger partial charge is 0.495 e. The molecule has 2 saturated heterocycles. The zero-order valence-corrected chi connectivity index (χ0v) is 21.2. The Balaban J connectivity index is 1.29. The lowest BCUT2D eigenvalue weighted by molar-refractivity contribution is -0.0221. The van der Waals surface area contributed by atoms with Crippen LogP contribution in [-0.2, 0) is 6.42 Å². The summed E-state index contributed by atoms with van der Waals surface area (Å²) in [7, 11) is 1.56. The number of benzene rings is 2. The molecule has 1 aliphatic carbocycles. The average molecular weight is 513 g/mol. The van der Waals surface area contributed by atoms with Crippen molar-refractivity contribution < 1.29 is 23.0 Å². The third kappa shape index (κ3) is 4.53. The minimum absolute atomic E-state index is 0.206. The van der Waals surface area contributed by atoms with Gasteiger partial charge in [0.2, 0.25) is 0 Å². The van der Waals surface area contributed by atoms with Crippen molar-refractivity contribution in [3.63, 3.8) is 0 Å². The highest BCUT2D eigenvalue weighted by Gasteiger charge is 2.45. The predicted molar refractivity (Wildman–Crippen MR) is 141 cm³/mol. The van der Waals surface area contributed by atoms with Gasteiger partial charge in [0.1, 0.15) is 17.1 Å². The number of ether oxygens (including phenoxy) is 2. The molecule has 3 aliphatic heterocycles. The van der Waals surface area contributed by atoms with E-state index in [1.54, 1.807) is 25.3 Å². The van der Waals surface area contributed by atoms with E-state index in [4.69, 9.17) is 15.2 Å². The maximum absolute atomic E-state index is 13.8. The van der Waals surface area contributed by atoms with Crippen LogP contribution in [0.3, 0.4) is 0 Å². The van der Waals surface area contributed by atoms with Crippen LogP contribution in [0.25, 0.3) is 0 Å². The number of anilines is 4. The van der Waals surface area contributed by atoms with Gasteiger partial charge in [-0.3, -0.25) is 4.79 Å². The SMILES string of the molecule is COc1ccc(NC(=O)c2c(N3CCC4(CC3)CC4)cc(N)c3c2OCC3)cc1N1CCC(F)(F)CC1. The Labute approximate surface area is 215 Å². The number of carbonyl (C=O) groups is 1. The molecular weight excluding hydrogens is 478 g/mol. The lowest BCUT2D eigenvalue weighted by atomic mass is 9.92. The molecule has 3 heterocycles. The first-order valence-electron chi connectivity index (χ1n) is 13.2. The van der Waals surface area contributed by atoms with Gasteiger partial charge in [-0.05, 0) is 55.4 Å². The maximum Gasteiger partial charge on any atom is 0.261 e. The third-order valence-corrected chi connectivity index (χ3v) is 8.62. The van der Waals surface area contributed by atoms with Gasteiger partial charge in [-0.25, -0.2) is 8.78 Å². The molecule has 1 amide bonds. The van der Waals surface area contributed by atoms with E-state index in [0.29, 0.717) is 52.6 Å². The molecule has 4 aliphatic rings. The van der Waals surface area contributed by atoms with Gasteiger partial charge in [0, 0.05) is 62.4 Å². The molecule has 9 heteroatoms. The summed E-state index contributed by atoms with van der Waals surface area (Å²) in [5.74, 6) is -1.75. The zero-order valence-electron chi connectivity index (χ0n) is 21.2. The lowest BCUT2D eigenvalue weighted by Gasteiger charge is -2.35. The number of hydrogen-bond donors (Lipinski definition) is 2. The van der Waals surface area contributed by atoms with Crippen LogP contribution in [0.4, 0.5) is 31.5 Å². The highest BCUT2D eigenvalue weighted by molar-refractivity contribution is 6.11. The summed E-state index contributed by atoms with van der Waals surface area (Å²) in [5, 5.41) is 3.05. The molecule has 1 saturated carbocycles. The molecular formula is C28H34F2N4O3. The van der Waals surface area contributed by atoms with E-state index >= 15 is 0 Å². The fourth-order valence-corrected chi connectivity index (χ4v) is 6.03. The molecule has 198 valence electrons. The second-order valence-electron chi connectivity index (χ2n) is 10.9. The molecule has 0 bridgehead atoms. The molecule has 7 nitrogen and oxygen atoms in total. The van der Waals surface area contributed by atoms with Gasteiger partial charge in [0.25, 0.3) is 11.8 Å². The molecule has 2 aromatic carbocycles. The monoisotopic (exact) mass is 512 g/mol. The Bertz CT molecular complexity index is 1210. The first-order valence-corrected chi connectivity index (χ1v) is 13.2. The molecule has 37 heavy (non-hydrogen) atoms. The van der Waals surface area contributed by atoms with Crippen molar-refractivity contribution in [3.8, 4) is 11.5 Å². The standard InChI is InChI=1S/C28H34F2N4O3/c1-36-23-3-2-18(16-21(23)33-13-9-28(29,30)10-14-33)32-26(35)24-22(17-20(31)19-4-15-37-25(19)24)34-11-7-27(5-6-27)8-12-34/h2-3,16-17H,4-15,31H2,1H3,(H,32,35). The van der Waals surface area contributed by atoms with Crippen LogP contribution < -0.4 is 30.3 Å². The van der Waals surface area contributed by atoms with Crippen molar-refractivity contribution in [2.24, 2.45) is 5.41 Å². The normalized spacial score (nSPS) is 21.4. The number of nitrogens with two attached hydrogens (primary N) is 1. The zero-order chi connectivity index (χ0) is 25.8. The summed E-state index contributed by atoms with van der Waals surface area (Å²) in [6.45, 7) is 2.73. The van der Waals surface area contributed by atoms with Crippen molar-refractivity contribution in [1.82, 2.24) is 0 Å². The summed E-state index contributed by atoms with van der Waals surface area (Å²) in [6.07, 6.45) is 5.13. The summed E-state index contributed by atoms with van der Waals surface area (Å²) in [4.78, 5) is 18.0. The van der Waals surface area contributed by atoms with E-state index in [1.807, 2.05) is 11.0 Å². The van der Waals surface area contributed by atoms with Crippen molar-refractivity contribution >= 4 is 28.7 Å². The number of halogens is 2. The topological polar surface area (TPSA) is 80.1 Å². The number of rotatable bonds is 5. The van der Waals surface area contributed by atoms with Crippen LogP contribution in [0.15, 0.2) is 24.3 Å². The van der Waals surface area contributed by atoms with Crippen LogP contribution in [0, 0.1) is 5.41 Å². The van der Waals surface area contributed by atoms with Crippen LogP contribution >= 0.6 is 0 Å². The summed E-state index contributed by atoms with van der Waals surface area (Å²) < 4.78 is 39.0. The predicted octanol–water partition coefficient (Wildman–Crippen LogP) is 5.08. The number of alkyl halides is 2. The second-order valence-corrected chi connectivity index (χ2v) is 10.9. The Morgan fingerprint density at radius 2 is 1.68 bits per heavy atom. The first-order chi connectivity index (χ1) is 17.8. The van der Waals surface area contributed by atoms with Crippen molar-refractivity contribution in [2.75, 3.05) is 60.7 Å². The number of hydrogen-bond acceptors (Lipinski definition) is 6. The Kier molecular flexibility index (Phi) is 5.84. The number of nitrogens with one attached hydrogen (secondary N) is 1. The fourth-order valence-electron chi connectivity index (χ4n) is 6.03. The molecule has 2 aromatic rings. The minimum atomic E-state index is -2.64. The Morgan fingerprint density at radius 1 is 1.00 bits per heavy atom. The maximum atomic E-state index is 13.8. The third-order valence-electron chi connectivity index (χ3n) is 8.62. The van der Waals surface area contributed by atoms with Crippen LogP contribution in [0.1, 0.15) is 54.4 Å². The van der Waals surface area contributed by atoms with E-state index < -0.39 is 5.92 Å². The number of nitrogens with zero attached hydrogens (tertiary/aromatic N) is 2. The molecule has 3 fully saturated rings. The smallest absolute Gasteiger partial charge is 0.261 e. The van der Waals surface area contributed by atoms with Crippen molar-refractivity contribution in [1.29, 1.82) is 0 Å². The van der Waals surface area contributed by atoms with Gasteiger partial charge in [-0.15, -0.1) is 0 Å². The number of piperidine rings is 2. The van der Waals surface area contributed by atoms with Crippen molar-refractivity contribution in [2.45, 2.75) is 50.9 Å². The van der Waals surface area contributed by atoms with Crippen LogP contribution in [0.5, 0.6) is 11.5 Å². The molecule has 6 rings (SSSR count). The van der Waals surface area contributed by atoms with E-state index in [1.165, 1.54) is 12.8 Å². The number of methoxy groups -OCH3 is 1. The molecule has 0 unspecified atom stereocenters. The Morgan fingerprint density at radius 3 is 2.35 bits per heavy atom. The number of amides is 1. The fraction of sp³-hybridized carbons (Fsp3) is 0.536. The van der Waals surface area contributed by atoms with E-state index in [9.17, 15) is 13.6 Å². The summed E-state index contributed by atoms with van der Waals surface area (Å²) in [6, 6.07) is 7.27. The number of nitrogen functional groups attached to an aromatic ring is 1. The highest BCUT2D eigenvalue weighted by Crippen LogP contribution is 2.54. The second kappa shape index (κ2) is 8.96. The lowest BCUT2D eigenvalue weighted by Crippen LogP contribution is -2.39. The molecule has 0 radical (unpaired) electrons. The van der Waals surface area contributed by atoms with Gasteiger partial charge in [-0.2, -0.15) is 0 Å². The first kappa shape index (κ1) is 24.1. The van der Waals surface area contributed by atoms with Crippen LogP contribution in [-0.4, -0.2) is 51.7 Å². The summed E-state index contributed by atoms with van der Waals surface area (Å²) >= 11 is 0. The quantitative estimate of drug-likeness (QED) is 0.544. The molecule has 0 atom stereocenters. The van der Waals surface area contributed by atoms with Gasteiger partial charge in [0.15, 0.2) is 0 Å². The molecule has 3 N–H and O–H groups in total. The number of fused-ring (bicyclic) bond motifs is 1. The van der Waals surface area contributed by atoms with Crippen LogP contribution in [0.2, 0.25) is 0 Å². The molecule has 0 aromatic heterocycles. The van der Waals surface area contributed by atoms with Gasteiger partial charge >= 0.3 is 0 Å². The number of carbonyl (C=O) groups excluding carboxylic acids is 1. The van der Waals surface area contributed by atoms with Gasteiger partial charge in [0.05, 0.1) is 25.1 Å². The highest BCUT2D eigenvalue weighted by atomic mass is 19.3. The van der Waals surface area contributed by atoms with Gasteiger partial charge in [-0.1, -0.05) is 0 Å². The molecule has 1 spiro atoms. The van der Waals surface area contributed by atoms with Crippen molar-refractivity contribution in [3.05, 3.63) is 35.4 Å². The summed E-state index contributed by atoms with van der Waals surface area (Å²) in [5.41, 5.74) is 11.1. The van der Waals surface area contributed by atoms with E-state index in [2.05, 4.69) is 10.2 Å². The van der Waals surface area contributed by atoms with E-state index in [0.717, 1.165) is 37.2 Å². The van der Waals surface area contributed by atoms with Gasteiger partial charge < -0.3 is 30.3 Å². The minimum Gasteiger partial charge on any atom is -0.495 e.